The van der Waals surface area contributed by atoms with Gasteiger partial charge in [-0.1, -0.05) is 20.8 Å². The van der Waals surface area contributed by atoms with Crippen molar-refractivity contribution in [1.29, 1.82) is 0 Å². The van der Waals surface area contributed by atoms with Crippen LogP contribution in [0.4, 0.5) is 0 Å². The van der Waals surface area contributed by atoms with E-state index in [9.17, 15) is 0 Å². The number of hydrogen-bond acceptors (Lipinski definition) is 2. The molecule has 1 aromatic heterocycles. The van der Waals surface area contributed by atoms with Gasteiger partial charge in [-0.05, 0) is 41.0 Å². The van der Waals surface area contributed by atoms with Gasteiger partial charge in [0.25, 0.3) is 0 Å². The summed E-state index contributed by atoms with van der Waals surface area (Å²) in [6.45, 7) is 7.58. The van der Waals surface area contributed by atoms with Crippen LogP contribution >= 0.6 is 15.9 Å². The van der Waals surface area contributed by atoms with Crippen molar-refractivity contribution in [3.05, 3.63) is 28.5 Å². The van der Waals surface area contributed by atoms with Gasteiger partial charge in [0.05, 0.1) is 5.69 Å². The lowest BCUT2D eigenvalue weighted by molar-refractivity contribution is 0.441. The second-order valence-electron chi connectivity index (χ2n) is 3.73. The van der Waals surface area contributed by atoms with Crippen molar-refractivity contribution in [2.75, 3.05) is 6.54 Å². The Kier molecular flexibility index (Phi) is 5.26. The minimum atomic E-state index is 0.436. The Labute approximate surface area is 101 Å². The summed E-state index contributed by atoms with van der Waals surface area (Å²) in [4.78, 5) is 4.44. The molecule has 0 amide bonds. The Balaban J connectivity index is 2.82. The van der Waals surface area contributed by atoms with Crippen molar-refractivity contribution < 1.29 is 0 Å². The smallest absolute Gasteiger partial charge is 0.0589 e. The van der Waals surface area contributed by atoms with E-state index in [2.05, 4.69) is 53.1 Å². The molecule has 2 nitrogen and oxygen atoms in total. The minimum Gasteiger partial charge on any atom is -0.314 e. The first kappa shape index (κ1) is 12.7. The molecule has 0 aliphatic rings. The number of nitrogens with one attached hydrogen (secondary N) is 1. The van der Waals surface area contributed by atoms with Crippen molar-refractivity contribution in [2.45, 2.75) is 39.2 Å². The first-order valence-electron chi connectivity index (χ1n) is 5.54. The van der Waals surface area contributed by atoms with Crippen LogP contribution < -0.4 is 5.32 Å². The molecule has 3 heteroatoms. The molecule has 1 rings (SSSR count). The summed E-state index contributed by atoms with van der Waals surface area (Å²) >= 11 is 3.56. The van der Waals surface area contributed by atoms with E-state index in [-0.39, 0.29) is 0 Å². The zero-order valence-corrected chi connectivity index (χ0v) is 11.2. The number of likely N-dealkylation sites (N-methyl/N-ethyl adjacent to an activating group) is 1. The van der Waals surface area contributed by atoms with E-state index in [1.165, 1.54) is 0 Å². The molecule has 0 fully saturated rings. The summed E-state index contributed by atoms with van der Waals surface area (Å²) in [7, 11) is 0. The standard InChI is InChI=1S/C12H19BrN2/c1-4-11(14-5-2)9(3)12-10(13)7-6-8-15-12/h6-9,11,14H,4-5H2,1-3H3. The van der Waals surface area contributed by atoms with E-state index < -0.39 is 0 Å². The molecule has 0 bridgehead atoms. The van der Waals surface area contributed by atoms with Gasteiger partial charge in [0, 0.05) is 22.6 Å². The maximum atomic E-state index is 4.44. The molecule has 0 aromatic carbocycles. The van der Waals surface area contributed by atoms with E-state index in [0.717, 1.165) is 23.1 Å². The van der Waals surface area contributed by atoms with Crippen LogP contribution in [0.1, 0.15) is 38.8 Å². The Bertz CT molecular complexity index is 301. The molecule has 84 valence electrons. The van der Waals surface area contributed by atoms with Gasteiger partial charge in [-0.15, -0.1) is 0 Å². The van der Waals surface area contributed by atoms with Crippen molar-refractivity contribution in [1.82, 2.24) is 10.3 Å². The summed E-state index contributed by atoms with van der Waals surface area (Å²) in [6.07, 6.45) is 2.98. The van der Waals surface area contributed by atoms with Gasteiger partial charge in [-0.3, -0.25) is 4.98 Å². The Hall–Kier alpha value is -0.410. The molecular formula is C12H19BrN2. The van der Waals surface area contributed by atoms with Crippen LogP contribution in [-0.2, 0) is 0 Å². The number of halogens is 1. The zero-order valence-electron chi connectivity index (χ0n) is 9.63. The fraction of sp³-hybridized carbons (Fsp3) is 0.583. The van der Waals surface area contributed by atoms with E-state index in [1.54, 1.807) is 0 Å². The van der Waals surface area contributed by atoms with E-state index in [0.29, 0.717) is 12.0 Å². The largest absolute Gasteiger partial charge is 0.314 e. The average Bonchev–Trinajstić information content (AvgIpc) is 2.25. The van der Waals surface area contributed by atoms with Crippen LogP contribution in [0.5, 0.6) is 0 Å². The van der Waals surface area contributed by atoms with Crippen LogP contribution in [0.15, 0.2) is 22.8 Å². The quantitative estimate of drug-likeness (QED) is 0.888. The topological polar surface area (TPSA) is 24.9 Å². The van der Waals surface area contributed by atoms with Crippen LogP contribution in [0.25, 0.3) is 0 Å². The lowest BCUT2D eigenvalue weighted by Gasteiger charge is -2.23. The van der Waals surface area contributed by atoms with E-state index >= 15 is 0 Å². The summed E-state index contributed by atoms with van der Waals surface area (Å²) in [5.74, 6) is 0.436. The van der Waals surface area contributed by atoms with E-state index in [1.807, 2.05) is 12.3 Å². The Morgan fingerprint density at radius 3 is 2.73 bits per heavy atom. The third-order valence-corrected chi connectivity index (χ3v) is 3.40. The van der Waals surface area contributed by atoms with Crippen LogP contribution in [0, 0.1) is 0 Å². The second-order valence-corrected chi connectivity index (χ2v) is 4.59. The molecule has 15 heavy (non-hydrogen) atoms. The normalized spacial score (nSPS) is 14.9. The number of nitrogens with zero attached hydrogens (tertiary/aromatic N) is 1. The molecule has 1 aromatic rings. The van der Waals surface area contributed by atoms with Crippen LogP contribution in [-0.4, -0.2) is 17.6 Å². The molecule has 2 atom stereocenters. The van der Waals surface area contributed by atoms with E-state index in [4.69, 9.17) is 0 Å². The van der Waals surface area contributed by atoms with Gasteiger partial charge in [-0.25, -0.2) is 0 Å². The van der Waals surface area contributed by atoms with Gasteiger partial charge in [0.2, 0.25) is 0 Å². The molecule has 2 unspecified atom stereocenters. The van der Waals surface area contributed by atoms with Gasteiger partial charge in [0.15, 0.2) is 0 Å². The molecule has 0 aliphatic heterocycles. The summed E-state index contributed by atoms with van der Waals surface area (Å²) < 4.78 is 1.11. The van der Waals surface area contributed by atoms with Gasteiger partial charge in [-0.2, -0.15) is 0 Å². The number of pyridine rings is 1. The maximum Gasteiger partial charge on any atom is 0.0589 e. The lowest BCUT2D eigenvalue weighted by atomic mass is 9.95. The fourth-order valence-corrected chi connectivity index (χ4v) is 2.48. The van der Waals surface area contributed by atoms with Crippen molar-refractivity contribution in [3.63, 3.8) is 0 Å². The van der Waals surface area contributed by atoms with Gasteiger partial charge in [0.1, 0.15) is 0 Å². The monoisotopic (exact) mass is 270 g/mol. The third kappa shape index (κ3) is 3.28. The molecule has 0 saturated heterocycles. The highest BCUT2D eigenvalue weighted by Gasteiger charge is 2.19. The number of rotatable bonds is 5. The highest BCUT2D eigenvalue weighted by molar-refractivity contribution is 9.10. The maximum absolute atomic E-state index is 4.44. The predicted octanol–water partition coefficient (Wildman–Crippen LogP) is 3.34. The first-order chi connectivity index (χ1) is 7.20. The van der Waals surface area contributed by atoms with Crippen LogP contribution in [0.2, 0.25) is 0 Å². The molecule has 0 aliphatic carbocycles. The first-order valence-corrected chi connectivity index (χ1v) is 6.33. The highest BCUT2D eigenvalue weighted by Crippen LogP contribution is 2.25. The van der Waals surface area contributed by atoms with Crippen molar-refractivity contribution in [2.24, 2.45) is 0 Å². The molecule has 0 saturated carbocycles. The predicted molar refractivity (Wildman–Crippen MR) is 68.1 cm³/mol. The van der Waals surface area contributed by atoms with Gasteiger partial charge >= 0.3 is 0 Å². The Morgan fingerprint density at radius 1 is 1.47 bits per heavy atom. The summed E-state index contributed by atoms with van der Waals surface area (Å²) in [5, 5.41) is 3.50. The highest BCUT2D eigenvalue weighted by atomic mass is 79.9. The Morgan fingerprint density at radius 2 is 2.20 bits per heavy atom. The molecule has 1 N–H and O–H groups in total. The number of aromatic nitrogens is 1. The summed E-state index contributed by atoms with van der Waals surface area (Å²) in [6, 6.07) is 4.51. The minimum absolute atomic E-state index is 0.436. The molecule has 1 heterocycles. The second kappa shape index (κ2) is 6.23. The summed E-state index contributed by atoms with van der Waals surface area (Å²) in [5.41, 5.74) is 1.14. The van der Waals surface area contributed by atoms with Crippen LogP contribution in [0.3, 0.4) is 0 Å². The van der Waals surface area contributed by atoms with Gasteiger partial charge < -0.3 is 5.32 Å². The zero-order chi connectivity index (χ0) is 11.3. The SMILES string of the molecule is CCNC(CC)C(C)c1ncccc1Br. The molecule has 0 spiro atoms. The van der Waals surface area contributed by atoms with Crippen molar-refractivity contribution >= 4 is 15.9 Å². The molecular weight excluding hydrogens is 252 g/mol. The average molecular weight is 271 g/mol. The fourth-order valence-electron chi connectivity index (χ4n) is 1.86. The third-order valence-electron chi connectivity index (χ3n) is 2.73. The molecule has 0 radical (unpaired) electrons. The number of hydrogen-bond donors (Lipinski definition) is 1. The lowest BCUT2D eigenvalue weighted by Crippen LogP contribution is -2.33. The van der Waals surface area contributed by atoms with Crippen molar-refractivity contribution in [3.8, 4) is 0 Å².